The van der Waals surface area contributed by atoms with Gasteiger partial charge in [0.1, 0.15) is 11.5 Å². The Hall–Kier alpha value is -2.06. The summed E-state index contributed by atoms with van der Waals surface area (Å²) in [6.07, 6.45) is 1.36. The number of nitrogens with one attached hydrogen (secondary N) is 1. The molecule has 0 aromatic heterocycles. The molecule has 0 amide bonds. The minimum absolute atomic E-state index is 0.0137. The molecule has 0 heterocycles. The van der Waals surface area contributed by atoms with Crippen molar-refractivity contribution in [2.24, 2.45) is 5.10 Å². The minimum Gasteiger partial charge on any atom is -0.507 e. The number of nitrogens with zero attached hydrogens (tertiary/aromatic N) is 1. The summed E-state index contributed by atoms with van der Waals surface area (Å²) in [6, 6.07) is 10.8. The van der Waals surface area contributed by atoms with Crippen molar-refractivity contribution in [3.05, 3.63) is 52.5 Å². The topological polar surface area (TPSA) is 88.0 Å². The lowest BCUT2D eigenvalue weighted by Gasteiger charge is -2.10. The summed E-state index contributed by atoms with van der Waals surface area (Å²) in [5, 5.41) is 13.1. The molecule has 0 aliphatic carbocycles. The van der Waals surface area contributed by atoms with Crippen molar-refractivity contribution in [3.8, 4) is 11.5 Å². The maximum Gasteiger partial charge on any atom is 0.276 e. The predicted octanol–water partition coefficient (Wildman–Crippen LogP) is 3.25. The fourth-order valence-electron chi connectivity index (χ4n) is 1.80. The maximum absolute atomic E-state index is 12.2. The molecule has 128 valence electrons. The minimum atomic E-state index is -3.76. The van der Waals surface area contributed by atoms with Gasteiger partial charge in [0.05, 0.1) is 21.7 Å². The fraction of sp³-hybridized carbons (Fsp3) is 0.188. The summed E-state index contributed by atoms with van der Waals surface area (Å²) in [7, 11) is -3.76. The van der Waals surface area contributed by atoms with Gasteiger partial charge >= 0.3 is 0 Å². The molecule has 24 heavy (non-hydrogen) atoms. The number of aromatic hydroxyl groups is 1. The zero-order valence-electron chi connectivity index (χ0n) is 13.1. The number of hydrogen-bond donors (Lipinski definition) is 2. The van der Waals surface area contributed by atoms with E-state index in [1.807, 2.05) is 13.8 Å². The molecule has 0 unspecified atom stereocenters. The number of benzene rings is 2. The van der Waals surface area contributed by atoms with Gasteiger partial charge in [-0.05, 0) is 77.8 Å². The molecule has 8 heteroatoms. The Morgan fingerprint density at radius 2 is 1.88 bits per heavy atom. The second kappa shape index (κ2) is 7.67. The van der Waals surface area contributed by atoms with E-state index in [0.29, 0.717) is 15.8 Å². The highest BCUT2D eigenvalue weighted by molar-refractivity contribution is 9.10. The van der Waals surface area contributed by atoms with Crippen molar-refractivity contribution in [1.29, 1.82) is 0 Å². The van der Waals surface area contributed by atoms with Crippen LogP contribution in [0, 0.1) is 0 Å². The van der Waals surface area contributed by atoms with Gasteiger partial charge in [0.25, 0.3) is 10.0 Å². The van der Waals surface area contributed by atoms with Gasteiger partial charge < -0.3 is 9.84 Å². The van der Waals surface area contributed by atoms with Crippen molar-refractivity contribution in [2.75, 3.05) is 0 Å². The van der Waals surface area contributed by atoms with Gasteiger partial charge in [-0.1, -0.05) is 0 Å². The average molecular weight is 413 g/mol. The van der Waals surface area contributed by atoms with Crippen LogP contribution in [0.3, 0.4) is 0 Å². The zero-order chi connectivity index (χ0) is 17.7. The lowest BCUT2D eigenvalue weighted by Crippen LogP contribution is -2.18. The number of hydrazone groups is 1. The molecule has 2 aromatic carbocycles. The molecule has 0 radical (unpaired) electrons. The average Bonchev–Trinajstić information content (AvgIpc) is 2.50. The molecule has 2 aromatic rings. The lowest BCUT2D eigenvalue weighted by atomic mass is 10.2. The van der Waals surface area contributed by atoms with Crippen LogP contribution < -0.4 is 9.57 Å². The Morgan fingerprint density at radius 1 is 1.21 bits per heavy atom. The van der Waals surface area contributed by atoms with E-state index in [1.165, 1.54) is 24.4 Å². The third-order valence-electron chi connectivity index (χ3n) is 2.86. The van der Waals surface area contributed by atoms with E-state index in [4.69, 9.17) is 4.74 Å². The Balaban J connectivity index is 2.07. The number of phenols is 1. The standard InChI is InChI=1S/C16H17BrN2O4S/c1-11(2)23-13-4-6-14(7-5-13)24(21,22)19-18-10-12-3-8-16(20)15(17)9-12/h3-11,19-20H,1-2H3/b18-10+. The van der Waals surface area contributed by atoms with Crippen molar-refractivity contribution in [1.82, 2.24) is 4.83 Å². The second-order valence-electron chi connectivity index (χ2n) is 5.20. The van der Waals surface area contributed by atoms with E-state index in [-0.39, 0.29) is 16.7 Å². The van der Waals surface area contributed by atoms with E-state index in [1.54, 1.807) is 24.3 Å². The van der Waals surface area contributed by atoms with Crippen molar-refractivity contribution in [2.45, 2.75) is 24.8 Å². The summed E-state index contributed by atoms with van der Waals surface area (Å²) < 4.78 is 30.3. The molecular formula is C16H17BrN2O4S. The highest BCUT2D eigenvalue weighted by atomic mass is 79.9. The fourth-order valence-corrected chi connectivity index (χ4v) is 2.98. The molecule has 0 spiro atoms. The molecule has 2 N–H and O–H groups in total. The molecule has 0 atom stereocenters. The van der Waals surface area contributed by atoms with Crippen molar-refractivity contribution >= 4 is 32.2 Å². The zero-order valence-corrected chi connectivity index (χ0v) is 15.5. The quantitative estimate of drug-likeness (QED) is 0.562. The lowest BCUT2D eigenvalue weighted by molar-refractivity contribution is 0.242. The number of rotatable bonds is 6. The Morgan fingerprint density at radius 3 is 2.46 bits per heavy atom. The first-order valence-electron chi connectivity index (χ1n) is 7.08. The summed E-state index contributed by atoms with van der Waals surface area (Å²) in [5.74, 6) is 0.692. The van der Waals surface area contributed by atoms with E-state index in [9.17, 15) is 13.5 Å². The first kappa shape index (κ1) is 18.3. The van der Waals surface area contributed by atoms with Crippen LogP contribution in [0.1, 0.15) is 19.4 Å². The van der Waals surface area contributed by atoms with Gasteiger partial charge in [-0.2, -0.15) is 13.5 Å². The monoisotopic (exact) mass is 412 g/mol. The van der Waals surface area contributed by atoms with Crippen LogP contribution in [0.5, 0.6) is 11.5 Å². The highest BCUT2D eigenvalue weighted by Crippen LogP contribution is 2.23. The number of halogens is 1. The van der Waals surface area contributed by atoms with Crippen LogP contribution in [-0.2, 0) is 10.0 Å². The van der Waals surface area contributed by atoms with Crippen LogP contribution >= 0.6 is 15.9 Å². The van der Waals surface area contributed by atoms with E-state index in [2.05, 4.69) is 25.9 Å². The van der Waals surface area contributed by atoms with E-state index >= 15 is 0 Å². The summed E-state index contributed by atoms with van der Waals surface area (Å²) in [6.45, 7) is 3.78. The van der Waals surface area contributed by atoms with Crippen LogP contribution in [0.2, 0.25) is 0 Å². The first-order valence-corrected chi connectivity index (χ1v) is 9.35. The molecule has 6 nitrogen and oxygen atoms in total. The van der Waals surface area contributed by atoms with Crippen LogP contribution in [0.4, 0.5) is 0 Å². The molecule has 0 fully saturated rings. The van der Waals surface area contributed by atoms with Gasteiger partial charge in [-0.3, -0.25) is 0 Å². The Bertz CT molecular complexity index is 834. The van der Waals surface area contributed by atoms with E-state index in [0.717, 1.165) is 0 Å². The van der Waals surface area contributed by atoms with Gasteiger partial charge in [-0.15, -0.1) is 0 Å². The molecular weight excluding hydrogens is 396 g/mol. The normalized spacial score (nSPS) is 11.8. The molecule has 2 rings (SSSR count). The first-order chi connectivity index (χ1) is 11.3. The molecule has 0 saturated heterocycles. The van der Waals surface area contributed by atoms with Crippen LogP contribution in [-0.4, -0.2) is 25.8 Å². The van der Waals surface area contributed by atoms with Crippen molar-refractivity contribution in [3.63, 3.8) is 0 Å². The maximum atomic E-state index is 12.2. The van der Waals surface area contributed by atoms with Gasteiger partial charge in [0, 0.05) is 0 Å². The number of hydrogen-bond acceptors (Lipinski definition) is 5. The largest absolute Gasteiger partial charge is 0.507 e. The molecule has 0 saturated carbocycles. The number of phenolic OH excluding ortho intramolecular Hbond substituents is 1. The number of ether oxygens (including phenoxy) is 1. The molecule has 0 aliphatic heterocycles. The Kier molecular flexibility index (Phi) is 5.84. The molecule has 0 bridgehead atoms. The third-order valence-corrected chi connectivity index (χ3v) is 4.74. The van der Waals surface area contributed by atoms with Gasteiger partial charge in [0.2, 0.25) is 0 Å². The van der Waals surface area contributed by atoms with Gasteiger partial charge in [-0.25, -0.2) is 4.83 Å². The highest BCUT2D eigenvalue weighted by Gasteiger charge is 2.12. The Labute approximate surface area is 149 Å². The van der Waals surface area contributed by atoms with Crippen LogP contribution in [0.25, 0.3) is 0 Å². The van der Waals surface area contributed by atoms with Crippen LogP contribution in [0.15, 0.2) is 56.9 Å². The van der Waals surface area contributed by atoms with Gasteiger partial charge in [0.15, 0.2) is 0 Å². The smallest absolute Gasteiger partial charge is 0.276 e. The number of sulfonamides is 1. The predicted molar refractivity (Wildman–Crippen MR) is 95.9 cm³/mol. The summed E-state index contributed by atoms with van der Waals surface area (Å²) in [4.78, 5) is 2.23. The summed E-state index contributed by atoms with van der Waals surface area (Å²) in [5.41, 5.74) is 0.628. The summed E-state index contributed by atoms with van der Waals surface area (Å²) >= 11 is 3.18. The second-order valence-corrected chi connectivity index (χ2v) is 7.72. The SMILES string of the molecule is CC(C)Oc1ccc(S(=O)(=O)N/N=C/c2ccc(O)c(Br)c2)cc1. The van der Waals surface area contributed by atoms with Crippen molar-refractivity contribution < 1.29 is 18.3 Å². The molecule has 0 aliphatic rings. The third kappa shape index (κ3) is 4.97. The van der Waals surface area contributed by atoms with E-state index < -0.39 is 10.0 Å².